The van der Waals surface area contributed by atoms with Crippen molar-refractivity contribution in [1.29, 1.82) is 0 Å². The summed E-state index contributed by atoms with van der Waals surface area (Å²) in [7, 11) is -1.04. The standard InChI is InChI=1S/C10H19N3O2S/c1-3-16(14,15)6-4-5-10(11)9-7-12-13(2)8-9/h7-8,10H,3-6,11H2,1-2H3. The first-order valence-electron chi connectivity index (χ1n) is 5.39. The third kappa shape index (κ3) is 3.94. The van der Waals surface area contributed by atoms with Gasteiger partial charge in [-0.25, -0.2) is 8.42 Å². The molecule has 6 heteroatoms. The number of sulfone groups is 1. The molecule has 0 radical (unpaired) electrons. The van der Waals surface area contributed by atoms with Crippen molar-refractivity contribution in [3.63, 3.8) is 0 Å². The molecule has 5 nitrogen and oxygen atoms in total. The molecule has 0 aromatic carbocycles. The van der Waals surface area contributed by atoms with Crippen molar-refractivity contribution in [3.05, 3.63) is 18.0 Å². The van der Waals surface area contributed by atoms with Gasteiger partial charge >= 0.3 is 0 Å². The van der Waals surface area contributed by atoms with Gasteiger partial charge in [-0.3, -0.25) is 4.68 Å². The van der Waals surface area contributed by atoms with E-state index in [-0.39, 0.29) is 17.5 Å². The van der Waals surface area contributed by atoms with E-state index in [0.717, 1.165) is 5.56 Å². The Bertz CT molecular complexity index is 425. The highest BCUT2D eigenvalue weighted by atomic mass is 32.2. The van der Waals surface area contributed by atoms with E-state index < -0.39 is 9.84 Å². The van der Waals surface area contributed by atoms with Crippen molar-refractivity contribution in [1.82, 2.24) is 9.78 Å². The molecule has 0 saturated carbocycles. The fraction of sp³-hybridized carbons (Fsp3) is 0.700. The normalized spacial score (nSPS) is 13.9. The second-order valence-electron chi connectivity index (χ2n) is 3.93. The van der Waals surface area contributed by atoms with Crippen LogP contribution in [0.2, 0.25) is 0 Å². The fourth-order valence-corrected chi connectivity index (χ4v) is 2.36. The smallest absolute Gasteiger partial charge is 0.150 e. The number of hydrogen-bond acceptors (Lipinski definition) is 4. The predicted octanol–water partition coefficient (Wildman–Crippen LogP) is 0.635. The zero-order valence-corrected chi connectivity index (χ0v) is 10.6. The molecule has 0 bridgehead atoms. The molecular formula is C10H19N3O2S. The van der Waals surface area contributed by atoms with Gasteiger partial charge in [-0.05, 0) is 12.8 Å². The van der Waals surface area contributed by atoms with Crippen LogP contribution in [0, 0.1) is 0 Å². The average molecular weight is 245 g/mol. The number of nitrogens with zero attached hydrogens (tertiary/aromatic N) is 2. The summed E-state index contributed by atoms with van der Waals surface area (Å²) in [5.41, 5.74) is 6.89. The van der Waals surface area contributed by atoms with E-state index in [1.54, 1.807) is 17.8 Å². The minimum Gasteiger partial charge on any atom is -0.324 e. The van der Waals surface area contributed by atoms with Gasteiger partial charge in [0.2, 0.25) is 0 Å². The van der Waals surface area contributed by atoms with E-state index >= 15 is 0 Å². The van der Waals surface area contributed by atoms with E-state index in [9.17, 15) is 8.42 Å². The van der Waals surface area contributed by atoms with Crippen LogP contribution in [-0.4, -0.2) is 29.7 Å². The van der Waals surface area contributed by atoms with Gasteiger partial charge in [0, 0.05) is 30.6 Å². The average Bonchev–Trinajstić information content (AvgIpc) is 2.64. The first-order chi connectivity index (χ1) is 7.44. The van der Waals surface area contributed by atoms with Crippen molar-refractivity contribution in [2.75, 3.05) is 11.5 Å². The lowest BCUT2D eigenvalue weighted by Crippen LogP contribution is -2.14. The lowest BCUT2D eigenvalue weighted by atomic mass is 10.1. The van der Waals surface area contributed by atoms with Gasteiger partial charge in [0.1, 0.15) is 9.84 Å². The minimum atomic E-state index is -2.87. The van der Waals surface area contributed by atoms with Crippen molar-refractivity contribution >= 4 is 9.84 Å². The van der Waals surface area contributed by atoms with Crippen LogP contribution in [0.15, 0.2) is 12.4 Å². The molecule has 1 unspecified atom stereocenters. The molecule has 0 fully saturated rings. The number of hydrogen-bond donors (Lipinski definition) is 1. The molecule has 1 atom stereocenters. The zero-order valence-electron chi connectivity index (χ0n) is 9.76. The van der Waals surface area contributed by atoms with Crippen LogP contribution >= 0.6 is 0 Å². The van der Waals surface area contributed by atoms with Gasteiger partial charge in [-0.2, -0.15) is 5.10 Å². The Morgan fingerprint density at radius 2 is 2.25 bits per heavy atom. The van der Waals surface area contributed by atoms with Crippen LogP contribution in [0.5, 0.6) is 0 Å². The Morgan fingerprint density at radius 1 is 1.56 bits per heavy atom. The molecule has 0 amide bonds. The summed E-state index contributed by atoms with van der Waals surface area (Å²) in [6.07, 6.45) is 4.86. The van der Waals surface area contributed by atoms with E-state index in [1.165, 1.54) is 0 Å². The molecule has 92 valence electrons. The van der Waals surface area contributed by atoms with Crippen LogP contribution in [-0.2, 0) is 16.9 Å². The largest absolute Gasteiger partial charge is 0.324 e. The van der Waals surface area contributed by atoms with Gasteiger partial charge in [0.25, 0.3) is 0 Å². The summed E-state index contributed by atoms with van der Waals surface area (Å²) in [4.78, 5) is 0. The summed E-state index contributed by atoms with van der Waals surface area (Å²) in [5, 5.41) is 4.03. The zero-order chi connectivity index (χ0) is 12.2. The van der Waals surface area contributed by atoms with Crippen molar-refractivity contribution in [2.45, 2.75) is 25.8 Å². The van der Waals surface area contributed by atoms with E-state index in [0.29, 0.717) is 12.8 Å². The first kappa shape index (κ1) is 13.2. The number of aryl methyl sites for hydroxylation is 1. The number of aromatic nitrogens is 2. The molecule has 0 spiro atoms. The van der Waals surface area contributed by atoms with Gasteiger partial charge < -0.3 is 5.73 Å². The van der Waals surface area contributed by atoms with Crippen LogP contribution < -0.4 is 5.73 Å². The first-order valence-corrected chi connectivity index (χ1v) is 7.21. The van der Waals surface area contributed by atoms with Crippen molar-refractivity contribution in [2.24, 2.45) is 12.8 Å². The van der Waals surface area contributed by atoms with Gasteiger partial charge in [-0.15, -0.1) is 0 Å². The SMILES string of the molecule is CCS(=O)(=O)CCCC(N)c1cnn(C)c1. The molecule has 0 aliphatic heterocycles. The maximum atomic E-state index is 11.3. The van der Waals surface area contributed by atoms with Gasteiger partial charge in [-0.1, -0.05) is 6.92 Å². The Hall–Kier alpha value is -0.880. The Labute approximate surface area is 96.6 Å². The van der Waals surface area contributed by atoms with Crippen LogP contribution in [0.25, 0.3) is 0 Å². The molecule has 0 aliphatic rings. The van der Waals surface area contributed by atoms with Crippen molar-refractivity contribution in [3.8, 4) is 0 Å². The van der Waals surface area contributed by atoms with E-state index in [4.69, 9.17) is 5.73 Å². The molecule has 1 rings (SSSR count). The molecule has 16 heavy (non-hydrogen) atoms. The second-order valence-corrected chi connectivity index (χ2v) is 6.41. The molecule has 1 heterocycles. The maximum absolute atomic E-state index is 11.3. The van der Waals surface area contributed by atoms with Crippen molar-refractivity contribution < 1.29 is 8.42 Å². The Morgan fingerprint density at radius 3 is 2.75 bits per heavy atom. The fourth-order valence-electron chi connectivity index (χ4n) is 1.47. The predicted molar refractivity (Wildman–Crippen MR) is 63.7 cm³/mol. The van der Waals surface area contributed by atoms with Crippen LogP contribution in [0.1, 0.15) is 31.4 Å². The van der Waals surface area contributed by atoms with Crippen LogP contribution in [0.4, 0.5) is 0 Å². The second kappa shape index (κ2) is 5.45. The minimum absolute atomic E-state index is 0.124. The highest BCUT2D eigenvalue weighted by Gasteiger charge is 2.11. The molecule has 0 aliphatic carbocycles. The molecule has 2 N–H and O–H groups in total. The summed E-state index contributed by atoms with van der Waals surface area (Å²) < 4.78 is 24.2. The van der Waals surface area contributed by atoms with E-state index in [2.05, 4.69) is 5.10 Å². The Kier molecular flexibility index (Phi) is 4.49. The molecule has 1 aromatic rings. The maximum Gasteiger partial charge on any atom is 0.150 e. The Balaban J connectivity index is 2.39. The number of rotatable bonds is 6. The summed E-state index contributed by atoms with van der Waals surface area (Å²) in [6.45, 7) is 1.66. The molecular weight excluding hydrogens is 226 g/mol. The highest BCUT2D eigenvalue weighted by molar-refractivity contribution is 7.91. The number of nitrogens with two attached hydrogens (primary N) is 1. The molecule has 0 saturated heterocycles. The molecule has 1 aromatic heterocycles. The lowest BCUT2D eigenvalue weighted by Gasteiger charge is -2.08. The lowest BCUT2D eigenvalue weighted by molar-refractivity contribution is 0.583. The quantitative estimate of drug-likeness (QED) is 0.797. The van der Waals surface area contributed by atoms with Gasteiger partial charge in [0.15, 0.2) is 0 Å². The van der Waals surface area contributed by atoms with E-state index in [1.807, 2.05) is 13.2 Å². The van der Waals surface area contributed by atoms with Gasteiger partial charge in [0.05, 0.1) is 11.9 Å². The monoisotopic (exact) mass is 245 g/mol. The third-order valence-electron chi connectivity index (χ3n) is 2.56. The summed E-state index contributed by atoms with van der Waals surface area (Å²) in [5.74, 6) is 0.423. The third-order valence-corrected chi connectivity index (χ3v) is 4.35. The summed E-state index contributed by atoms with van der Waals surface area (Å²) >= 11 is 0. The summed E-state index contributed by atoms with van der Waals surface area (Å²) in [6, 6.07) is -0.124. The topological polar surface area (TPSA) is 78.0 Å². The highest BCUT2D eigenvalue weighted by Crippen LogP contribution is 2.15. The van der Waals surface area contributed by atoms with Crippen LogP contribution in [0.3, 0.4) is 0 Å².